The first-order valence-corrected chi connectivity index (χ1v) is 4.78. The van der Waals surface area contributed by atoms with Crippen LogP contribution in [0.3, 0.4) is 0 Å². The van der Waals surface area contributed by atoms with E-state index in [1.54, 1.807) is 16.9 Å². The Hall–Kier alpha value is -1.07. The van der Waals surface area contributed by atoms with Crippen molar-refractivity contribution in [1.82, 2.24) is 9.78 Å². The third-order valence-electron chi connectivity index (χ3n) is 1.70. The Balaban J connectivity index is 2.46. The summed E-state index contributed by atoms with van der Waals surface area (Å²) in [6.07, 6.45) is 1.56. The highest BCUT2D eigenvalue weighted by atomic mass is 16.7. The van der Waals surface area contributed by atoms with Crippen molar-refractivity contribution in [3.63, 3.8) is 0 Å². The van der Waals surface area contributed by atoms with E-state index in [0.717, 1.165) is 0 Å². The Morgan fingerprint density at radius 3 is 2.50 bits per heavy atom. The number of nitrogen functional groups attached to an aromatic ring is 1. The Kier molecular flexibility index (Phi) is 4.42. The smallest absolute Gasteiger partial charge is 0.176 e. The molecule has 1 heterocycles. The van der Waals surface area contributed by atoms with E-state index in [1.165, 1.54) is 0 Å². The van der Waals surface area contributed by atoms with Gasteiger partial charge >= 0.3 is 0 Å². The summed E-state index contributed by atoms with van der Waals surface area (Å²) in [7, 11) is 0. The van der Waals surface area contributed by atoms with Gasteiger partial charge in [-0.15, -0.1) is 0 Å². The number of nitrogens with zero attached hydrogens (tertiary/aromatic N) is 2. The van der Waals surface area contributed by atoms with Crippen LogP contribution >= 0.6 is 0 Å². The third-order valence-corrected chi connectivity index (χ3v) is 1.70. The molecule has 1 aromatic heterocycles. The maximum atomic E-state index is 5.49. The summed E-state index contributed by atoms with van der Waals surface area (Å²) in [5, 5.41) is 4.05. The molecule has 14 heavy (non-hydrogen) atoms. The lowest BCUT2D eigenvalue weighted by atomic mass is 10.6. The molecule has 0 spiro atoms. The monoisotopic (exact) mass is 199 g/mol. The van der Waals surface area contributed by atoms with Gasteiger partial charge < -0.3 is 15.2 Å². The number of hydrogen-bond acceptors (Lipinski definition) is 4. The first-order chi connectivity index (χ1) is 6.76. The molecule has 1 aromatic rings. The van der Waals surface area contributed by atoms with Crippen LogP contribution < -0.4 is 5.73 Å². The van der Waals surface area contributed by atoms with E-state index in [2.05, 4.69) is 5.10 Å². The largest absolute Gasteiger partial charge is 0.382 e. The van der Waals surface area contributed by atoms with Crippen LogP contribution in [-0.2, 0) is 16.0 Å². The minimum Gasteiger partial charge on any atom is -0.382 e. The summed E-state index contributed by atoms with van der Waals surface area (Å²) < 4.78 is 12.5. The number of nitrogens with two attached hydrogens (primary N) is 1. The van der Waals surface area contributed by atoms with Gasteiger partial charge in [-0.2, -0.15) is 5.10 Å². The van der Waals surface area contributed by atoms with Crippen molar-refractivity contribution in [1.29, 1.82) is 0 Å². The summed E-state index contributed by atoms with van der Waals surface area (Å²) in [6.45, 7) is 5.69. The van der Waals surface area contributed by atoms with Gasteiger partial charge in [-0.3, -0.25) is 4.68 Å². The molecular weight excluding hydrogens is 182 g/mol. The van der Waals surface area contributed by atoms with Crippen molar-refractivity contribution in [2.75, 3.05) is 18.9 Å². The van der Waals surface area contributed by atoms with Crippen LogP contribution in [0.1, 0.15) is 13.8 Å². The van der Waals surface area contributed by atoms with Crippen LogP contribution in [0, 0.1) is 0 Å². The fraction of sp³-hybridized carbons (Fsp3) is 0.667. The Labute approximate surface area is 83.8 Å². The average molecular weight is 199 g/mol. The SMILES string of the molecule is CCOC(Cn1ccc(N)n1)OCC. The molecule has 0 fully saturated rings. The zero-order valence-electron chi connectivity index (χ0n) is 8.64. The van der Waals surface area contributed by atoms with Gasteiger partial charge in [0.2, 0.25) is 0 Å². The van der Waals surface area contributed by atoms with Crippen LogP contribution in [0.15, 0.2) is 12.3 Å². The summed E-state index contributed by atoms with van der Waals surface area (Å²) in [5.74, 6) is 0.511. The molecular formula is C9H17N3O2. The van der Waals surface area contributed by atoms with Gasteiger partial charge in [0, 0.05) is 19.4 Å². The summed E-state index contributed by atoms with van der Waals surface area (Å²) in [6, 6.07) is 1.74. The first-order valence-electron chi connectivity index (χ1n) is 4.78. The van der Waals surface area contributed by atoms with Crippen molar-refractivity contribution < 1.29 is 9.47 Å². The van der Waals surface area contributed by atoms with Crippen LogP contribution in [0.4, 0.5) is 5.82 Å². The highest BCUT2D eigenvalue weighted by Gasteiger charge is 2.08. The highest BCUT2D eigenvalue weighted by molar-refractivity contribution is 5.23. The van der Waals surface area contributed by atoms with Crippen molar-refractivity contribution >= 4 is 5.82 Å². The number of hydrogen-bond donors (Lipinski definition) is 1. The lowest BCUT2D eigenvalue weighted by Crippen LogP contribution is -2.24. The van der Waals surface area contributed by atoms with E-state index in [0.29, 0.717) is 25.6 Å². The average Bonchev–Trinajstić information content (AvgIpc) is 2.52. The predicted molar refractivity (Wildman–Crippen MR) is 53.7 cm³/mol. The molecule has 0 atom stereocenters. The van der Waals surface area contributed by atoms with Crippen molar-refractivity contribution in [3.8, 4) is 0 Å². The Morgan fingerprint density at radius 2 is 2.07 bits per heavy atom. The molecule has 0 aliphatic carbocycles. The maximum Gasteiger partial charge on any atom is 0.176 e. The standard InChI is InChI=1S/C9H17N3O2/c1-3-13-9(14-4-2)7-12-6-5-8(10)11-12/h5-6,9H,3-4,7H2,1-2H3,(H2,10,11). The second kappa shape index (κ2) is 5.62. The molecule has 0 aliphatic rings. The number of anilines is 1. The molecule has 0 aliphatic heterocycles. The van der Waals surface area contributed by atoms with Crippen molar-refractivity contribution in [2.45, 2.75) is 26.7 Å². The third kappa shape index (κ3) is 3.35. The molecule has 0 aromatic carbocycles. The molecule has 0 saturated carbocycles. The molecule has 1 rings (SSSR count). The topological polar surface area (TPSA) is 62.3 Å². The van der Waals surface area contributed by atoms with E-state index >= 15 is 0 Å². The molecule has 2 N–H and O–H groups in total. The highest BCUT2D eigenvalue weighted by Crippen LogP contribution is 2.02. The van der Waals surface area contributed by atoms with Gasteiger partial charge in [0.05, 0.1) is 6.54 Å². The maximum absolute atomic E-state index is 5.49. The van der Waals surface area contributed by atoms with Gasteiger partial charge in [-0.25, -0.2) is 0 Å². The number of rotatable bonds is 6. The second-order valence-electron chi connectivity index (χ2n) is 2.80. The zero-order chi connectivity index (χ0) is 10.4. The molecule has 0 unspecified atom stereocenters. The summed E-state index contributed by atoms with van der Waals surface area (Å²) in [4.78, 5) is 0. The first kappa shape index (κ1) is 11.0. The number of aromatic nitrogens is 2. The van der Waals surface area contributed by atoms with Crippen LogP contribution in [0.5, 0.6) is 0 Å². The van der Waals surface area contributed by atoms with E-state index in [9.17, 15) is 0 Å². The molecule has 5 nitrogen and oxygen atoms in total. The molecule has 0 saturated heterocycles. The number of ether oxygens (including phenoxy) is 2. The van der Waals surface area contributed by atoms with Gasteiger partial charge in [0.25, 0.3) is 0 Å². The molecule has 80 valence electrons. The Morgan fingerprint density at radius 1 is 1.43 bits per heavy atom. The molecule has 0 radical (unpaired) electrons. The van der Waals surface area contributed by atoms with E-state index in [-0.39, 0.29) is 6.29 Å². The minimum absolute atomic E-state index is 0.246. The lowest BCUT2D eigenvalue weighted by Gasteiger charge is -2.16. The molecule has 5 heteroatoms. The minimum atomic E-state index is -0.246. The van der Waals surface area contributed by atoms with Gasteiger partial charge in [0.1, 0.15) is 5.82 Å². The van der Waals surface area contributed by atoms with Crippen LogP contribution in [0.25, 0.3) is 0 Å². The lowest BCUT2D eigenvalue weighted by molar-refractivity contribution is -0.144. The molecule has 0 bridgehead atoms. The fourth-order valence-corrected chi connectivity index (χ4v) is 1.16. The summed E-state index contributed by atoms with van der Waals surface area (Å²) >= 11 is 0. The fourth-order valence-electron chi connectivity index (χ4n) is 1.16. The normalized spacial score (nSPS) is 11.1. The van der Waals surface area contributed by atoms with E-state index < -0.39 is 0 Å². The van der Waals surface area contributed by atoms with Crippen LogP contribution in [-0.4, -0.2) is 29.3 Å². The molecule has 0 amide bonds. The Bertz CT molecular complexity index is 256. The summed E-state index contributed by atoms with van der Waals surface area (Å²) in [5.41, 5.74) is 5.49. The predicted octanol–water partition coefficient (Wildman–Crippen LogP) is 0.864. The van der Waals surface area contributed by atoms with E-state index in [1.807, 2.05) is 13.8 Å². The van der Waals surface area contributed by atoms with Crippen LogP contribution in [0.2, 0.25) is 0 Å². The second-order valence-corrected chi connectivity index (χ2v) is 2.80. The van der Waals surface area contributed by atoms with Gasteiger partial charge in [0.15, 0.2) is 6.29 Å². The van der Waals surface area contributed by atoms with Gasteiger partial charge in [-0.1, -0.05) is 0 Å². The van der Waals surface area contributed by atoms with Crippen molar-refractivity contribution in [2.24, 2.45) is 0 Å². The van der Waals surface area contributed by atoms with Gasteiger partial charge in [-0.05, 0) is 19.9 Å². The van der Waals surface area contributed by atoms with Crippen molar-refractivity contribution in [3.05, 3.63) is 12.3 Å². The zero-order valence-corrected chi connectivity index (χ0v) is 8.64. The van der Waals surface area contributed by atoms with E-state index in [4.69, 9.17) is 15.2 Å². The quantitative estimate of drug-likeness (QED) is 0.690.